The molecule has 3 heteroatoms. The van der Waals surface area contributed by atoms with Gasteiger partial charge in [0.2, 0.25) is 0 Å². The Bertz CT molecular complexity index is 148. The van der Waals surface area contributed by atoms with Crippen LogP contribution < -0.4 is 0 Å². The van der Waals surface area contributed by atoms with Crippen LogP contribution in [0.5, 0.6) is 0 Å². The van der Waals surface area contributed by atoms with Crippen molar-refractivity contribution in [3.05, 3.63) is 0 Å². The highest BCUT2D eigenvalue weighted by molar-refractivity contribution is 8.00. The number of hydrogen-bond donors (Lipinski definition) is 1. The van der Waals surface area contributed by atoms with Gasteiger partial charge < -0.3 is 5.11 Å². The third kappa shape index (κ3) is 5.97. The summed E-state index contributed by atoms with van der Waals surface area (Å²) in [6.07, 6.45) is 3.10. The van der Waals surface area contributed by atoms with Gasteiger partial charge in [0.05, 0.1) is 0 Å². The molecule has 78 valence electrons. The van der Waals surface area contributed by atoms with E-state index in [2.05, 4.69) is 13.8 Å². The third-order valence-corrected chi connectivity index (χ3v) is 3.71. The molecule has 1 N–H and O–H groups in total. The maximum Gasteiger partial charge on any atom is 0.316 e. The molecule has 0 spiro atoms. The molecule has 0 heterocycles. The van der Waals surface area contributed by atoms with E-state index in [9.17, 15) is 4.79 Å². The van der Waals surface area contributed by atoms with Crippen LogP contribution in [0.25, 0.3) is 0 Å². The summed E-state index contributed by atoms with van der Waals surface area (Å²) in [5.74, 6) is 0.943. The Morgan fingerprint density at radius 1 is 1.46 bits per heavy atom. The maximum absolute atomic E-state index is 10.7. The Balaban J connectivity index is 3.65. The van der Waals surface area contributed by atoms with Crippen molar-refractivity contribution in [2.24, 2.45) is 5.92 Å². The minimum atomic E-state index is -0.670. The highest BCUT2D eigenvalue weighted by Gasteiger charge is 2.16. The van der Waals surface area contributed by atoms with Crippen molar-refractivity contribution in [3.63, 3.8) is 0 Å². The summed E-state index contributed by atoms with van der Waals surface area (Å²) in [7, 11) is 0. The summed E-state index contributed by atoms with van der Waals surface area (Å²) in [6, 6.07) is 0. The quantitative estimate of drug-likeness (QED) is 0.692. The second-order valence-corrected chi connectivity index (χ2v) is 4.70. The number of carbonyl (C=O) groups is 1. The molecule has 0 amide bonds. The number of rotatable bonds is 7. The maximum atomic E-state index is 10.7. The fourth-order valence-electron chi connectivity index (χ4n) is 1.22. The minimum Gasteiger partial charge on any atom is -0.480 e. The molecule has 0 radical (unpaired) electrons. The number of aliphatic carboxylic acids is 1. The lowest BCUT2D eigenvalue weighted by molar-refractivity contribution is -0.136. The van der Waals surface area contributed by atoms with Crippen LogP contribution in [0.2, 0.25) is 0 Å². The van der Waals surface area contributed by atoms with Gasteiger partial charge in [-0.1, -0.05) is 33.6 Å². The van der Waals surface area contributed by atoms with Gasteiger partial charge in [-0.05, 0) is 18.1 Å². The predicted octanol–water partition coefficient (Wildman–Crippen LogP) is 3.02. The standard InChI is InChI=1S/C10H20O2S/c1-4-6-8(3)7-13-9(5-2)10(11)12/h8-9H,4-7H2,1-3H3,(H,11,12). The molecular weight excluding hydrogens is 184 g/mol. The third-order valence-electron chi connectivity index (χ3n) is 2.01. The van der Waals surface area contributed by atoms with Gasteiger partial charge in [0.15, 0.2) is 0 Å². The van der Waals surface area contributed by atoms with Gasteiger partial charge in [0, 0.05) is 0 Å². The normalized spacial score (nSPS) is 15.3. The molecule has 2 nitrogen and oxygen atoms in total. The molecular formula is C10H20O2S. The van der Waals surface area contributed by atoms with Crippen molar-refractivity contribution >= 4 is 17.7 Å². The van der Waals surface area contributed by atoms with Crippen LogP contribution >= 0.6 is 11.8 Å². The monoisotopic (exact) mass is 204 g/mol. The summed E-state index contributed by atoms with van der Waals surface area (Å²) < 4.78 is 0. The Kier molecular flexibility index (Phi) is 7.14. The molecule has 0 aromatic heterocycles. The van der Waals surface area contributed by atoms with Gasteiger partial charge >= 0.3 is 5.97 Å². The van der Waals surface area contributed by atoms with E-state index in [1.54, 1.807) is 11.8 Å². The van der Waals surface area contributed by atoms with E-state index in [0.717, 1.165) is 12.2 Å². The van der Waals surface area contributed by atoms with Crippen molar-refractivity contribution in [2.75, 3.05) is 5.75 Å². The fourth-order valence-corrected chi connectivity index (χ4v) is 2.33. The number of hydrogen-bond acceptors (Lipinski definition) is 2. The minimum absolute atomic E-state index is 0.209. The molecule has 0 aliphatic heterocycles. The van der Waals surface area contributed by atoms with Crippen molar-refractivity contribution in [1.82, 2.24) is 0 Å². The van der Waals surface area contributed by atoms with Crippen molar-refractivity contribution in [1.29, 1.82) is 0 Å². The molecule has 0 aromatic carbocycles. The second-order valence-electron chi connectivity index (χ2n) is 3.46. The van der Waals surface area contributed by atoms with E-state index < -0.39 is 5.97 Å². The van der Waals surface area contributed by atoms with Crippen molar-refractivity contribution < 1.29 is 9.90 Å². The lowest BCUT2D eigenvalue weighted by Gasteiger charge is -2.13. The lowest BCUT2D eigenvalue weighted by Crippen LogP contribution is -2.16. The SMILES string of the molecule is CCCC(C)CSC(CC)C(=O)O. The Morgan fingerprint density at radius 2 is 2.08 bits per heavy atom. The van der Waals surface area contributed by atoms with Crippen LogP contribution in [0.3, 0.4) is 0 Å². The van der Waals surface area contributed by atoms with Gasteiger partial charge in [0.1, 0.15) is 5.25 Å². The van der Waals surface area contributed by atoms with Gasteiger partial charge in [-0.2, -0.15) is 0 Å². The largest absolute Gasteiger partial charge is 0.480 e. The van der Waals surface area contributed by atoms with Crippen molar-refractivity contribution in [3.8, 4) is 0 Å². The smallest absolute Gasteiger partial charge is 0.316 e. The molecule has 0 aromatic rings. The van der Waals surface area contributed by atoms with Crippen LogP contribution in [0.1, 0.15) is 40.0 Å². The van der Waals surface area contributed by atoms with E-state index in [1.165, 1.54) is 12.8 Å². The highest BCUT2D eigenvalue weighted by atomic mass is 32.2. The predicted molar refractivity (Wildman–Crippen MR) is 58.2 cm³/mol. The first-order valence-electron chi connectivity index (χ1n) is 4.96. The zero-order valence-electron chi connectivity index (χ0n) is 8.75. The molecule has 13 heavy (non-hydrogen) atoms. The average Bonchev–Trinajstić information content (AvgIpc) is 2.05. The summed E-state index contributed by atoms with van der Waals surface area (Å²) in [5, 5.41) is 8.59. The Labute approximate surface area is 85.1 Å². The molecule has 2 unspecified atom stereocenters. The lowest BCUT2D eigenvalue weighted by atomic mass is 10.1. The highest BCUT2D eigenvalue weighted by Crippen LogP contribution is 2.20. The molecule has 0 bridgehead atoms. The summed E-state index contributed by atoms with van der Waals surface area (Å²) in [5.41, 5.74) is 0. The first-order chi connectivity index (χ1) is 6.11. The van der Waals surface area contributed by atoms with E-state index >= 15 is 0 Å². The summed E-state index contributed by atoms with van der Waals surface area (Å²) in [6.45, 7) is 6.27. The van der Waals surface area contributed by atoms with E-state index in [1.807, 2.05) is 6.92 Å². The van der Waals surface area contributed by atoms with Crippen LogP contribution in [-0.4, -0.2) is 22.1 Å². The van der Waals surface area contributed by atoms with Crippen LogP contribution in [0, 0.1) is 5.92 Å². The van der Waals surface area contributed by atoms with Gasteiger partial charge in [-0.25, -0.2) is 0 Å². The summed E-state index contributed by atoms with van der Waals surface area (Å²) >= 11 is 1.58. The molecule has 0 fully saturated rings. The number of carboxylic acids is 1. The Hall–Kier alpha value is -0.180. The molecule has 0 saturated carbocycles. The van der Waals surface area contributed by atoms with Crippen molar-refractivity contribution in [2.45, 2.75) is 45.3 Å². The molecule has 0 aliphatic rings. The van der Waals surface area contributed by atoms with Gasteiger partial charge in [-0.3, -0.25) is 4.79 Å². The average molecular weight is 204 g/mol. The first kappa shape index (κ1) is 12.8. The first-order valence-corrected chi connectivity index (χ1v) is 6.01. The van der Waals surface area contributed by atoms with E-state index in [-0.39, 0.29) is 5.25 Å². The zero-order chi connectivity index (χ0) is 10.3. The molecule has 0 rings (SSSR count). The van der Waals surface area contributed by atoms with Gasteiger partial charge in [-0.15, -0.1) is 11.8 Å². The van der Waals surface area contributed by atoms with Gasteiger partial charge in [0.25, 0.3) is 0 Å². The van der Waals surface area contributed by atoms with Crippen LogP contribution in [0.4, 0.5) is 0 Å². The van der Waals surface area contributed by atoms with Crippen LogP contribution in [-0.2, 0) is 4.79 Å². The Morgan fingerprint density at radius 3 is 2.46 bits per heavy atom. The number of carboxylic acid groups (broad SMARTS) is 1. The number of thioether (sulfide) groups is 1. The van der Waals surface area contributed by atoms with E-state index in [0.29, 0.717) is 5.92 Å². The fraction of sp³-hybridized carbons (Fsp3) is 0.900. The van der Waals surface area contributed by atoms with Crippen LogP contribution in [0.15, 0.2) is 0 Å². The molecule has 0 saturated heterocycles. The topological polar surface area (TPSA) is 37.3 Å². The molecule has 0 aliphatic carbocycles. The second kappa shape index (κ2) is 7.25. The summed E-state index contributed by atoms with van der Waals surface area (Å²) in [4.78, 5) is 10.7. The van der Waals surface area contributed by atoms with E-state index in [4.69, 9.17) is 5.11 Å². The zero-order valence-corrected chi connectivity index (χ0v) is 9.56. The molecule has 2 atom stereocenters.